The van der Waals surface area contributed by atoms with Crippen LogP contribution in [0, 0.1) is 17.8 Å². The van der Waals surface area contributed by atoms with Crippen molar-refractivity contribution in [1.82, 2.24) is 9.80 Å². The summed E-state index contributed by atoms with van der Waals surface area (Å²) in [5.41, 5.74) is 0. The Hall–Kier alpha value is -1.10. The van der Waals surface area contributed by atoms with Crippen molar-refractivity contribution in [2.75, 3.05) is 33.2 Å². The summed E-state index contributed by atoms with van der Waals surface area (Å²) in [6.45, 7) is 5.90. The predicted molar refractivity (Wildman–Crippen MR) is 76.3 cm³/mol. The second-order valence-electron chi connectivity index (χ2n) is 6.44. The molecule has 1 aliphatic carbocycles. The van der Waals surface area contributed by atoms with Gasteiger partial charge in [-0.25, -0.2) is 0 Å². The summed E-state index contributed by atoms with van der Waals surface area (Å²) in [5.74, 6) is -1.29. The molecule has 1 heterocycles. The lowest BCUT2D eigenvalue weighted by Crippen LogP contribution is -2.40. The number of likely N-dealkylation sites (tertiary alicyclic amines) is 1. The Balaban J connectivity index is 1.86. The van der Waals surface area contributed by atoms with E-state index < -0.39 is 11.9 Å². The van der Waals surface area contributed by atoms with E-state index in [4.69, 9.17) is 0 Å². The number of carboxylic acids is 1. The molecule has 2 aliphatic rings. The summed E-state index contributed by atoms with van der Waals surface area (Å²) in [6.07, 6.45) is 3.84. The van der Waals surface area contributed by atoms with Gasteiger partial charge in [0.1, 0.15) is 0 Å². The molecule has 2 fully saturated rings. The molecular formula is C15H26N2O3. The highest BCUT2D eigenvalue weighted by atomic mass is 16.4. The molecule has 0 aromatic rings. The summed E-state index contributed by atoms with van der Waals surface area (Å²) in [4.78, 5) is 27.8. The van der Waals surface area contributed by atoms with Crippen molar-refractivity contribution < 1.29 is 14.7 Å². The fourth-order valence-corrected chi connectivity index (χ4v) is 3.53. The Bertz CT molecular complexity index is 366. The Labute approximate surface area is 120 Å². The second kappa shape index (κ2) is 6.57. The third kappa shape index (κ3) is 3.51. The first-order valence-corrected chi connectivity index (χ1v) is 7.69. The molecule has 1 amide bonds. The van der Waals surface area contributed by atoms with Gasteiger partial charge >= 0.3 is 5.97 Å². The molecule has 0 aromatic heterocycles. The molecular weight excluding hydrogens is 256 g/mol. The quantitative estimate of drug-likeness (QED) is 0.825. The summed E-state index contributed by atoms with van der Waals surface area (Å²) in [7, 11) is 1.81. The number of carbonyl (C=O) groups excluding carboxylic acids is 1. The van der Waals surface area contributed by atoms with Crippen LogP contribution in [0.15, 0.2) is 0 Å². The monoisotopic (exact) mass is 282 g/mol. The van der Waals surface area contributed by atoms with Gasteiger partial charge in [0.05, 0.1) is 11.8 Å². The Morgan fingerprint density at radius 3 is 2.40 bits per heavy atom. The average Bonchev–Trinajstić information content (AvgIpc) is 3.03. The smallest absolute Gasteiger partial charge is 0.307 e. The maximum atomic E-state index is 12.5. The van der Waals surface area contributed by atoms with Crippen molar-refractivity contribution in [3.63, 3.8) is 0 Å². The first-order valence-electron chi connectivity index (χ1n) is 7.69. The molecule has 1 N–H and O–H groups in total. The number of rotatable bonds is 5. The van der Waals surface area contributed by atoms with Crippen molar-refractivity contribution in [3.05, 3.63) is 0 Å². The van der Waals surface area contributed by atoms with Gasteiger partial charge in [-0.1, -0.05) is 6.92 Å². The molecule has 5 heteroatoms. The van der Waals surface area contributed by atoms with Gasteiger partial charge in [0, 0.05) is 20.1 Å². The molecule has 0 aromatic carbocycles. The summed E-state index contributed by atoms with van der Waals surface area (Å²) >= 11 is 0. The molecule has 1 aliphatic heterocycles. The Morgan fingerprint density at radius 1 is 1.20 bits per heavy atom. The fourth-order valence-electron chi connectivity index (χ4n) is 3.53. The van der Waals surface area contributed by atoms with Crippen molar-refractivity contribution in [2.24, 2.45) is 17.8 Å². The maximum Gasteiger partial charge on any atom is 0.307 e. The highest BCUT2D eigenvalue weighted by molar-refractivity contribution is 5.85. The number of amides is 1. The lowest BCUT2D eigenvalue weighted by atomic mass is 9.95. The van der Waals surface area contributed by atoms with Crippen molar-refractivity contribution in [1.29, 1.82) is 0 Å². The topological polar surface area (TPSA) is 60.9 Å². The van der Waals surface area contributed by atoms with E-state index in [2.05, 4.69) is 4.90 Å². The molecule has 114 valence electrons. The Morgan fingerprint density at radius 2 is 1.80 bits per heavy atom. The molecule has 0 spiro atoms. The summed E-state index contributed by atoms with van der Waals surface area (Å²) < 4.78 is 0. The van der Waals surface area contributed by atoms with Crippen LogP contribution < -0.4 is 0 Å². The van der Waals surface area contributed by atoms with E-state index in [1.807, 2.05) is 6.92 Å². The molecule has 1 saturated heterocycles. The van der Waals surface area contributed by atoms with E-state index in [1.54, 1.807) is 11.9 Å². The van der Waals surface area contributed by atoms with Crippen LogP contribution in [0.3, 0.4) is 0 Å². The highest BCUT2D eigenvalue weighted by Gasteiger charge is 2.42. The van der Waals surface area contributed by atoms with Crippen LogP contribution in [0.5, 0.6) is 0 Å². The number of hydrogen-bond donors (Lipinski definition) is 1. The summed E-state index contributed by atoms with van der Waals surface area (Å²) in [5, 5.41) is 9.26. The van der Waals surface area contributed by atoms with Crippen molar-refractivity contribution in [2.45, 2.75) is 32.6 Å². The largest absolute Gasteiger partial charge is 0.481 e. The van der Waals surface area contributed by atoms with Gasteiger partial charge in [0.15, 0.2) is 0 Å². The van der Waals surface area contributed by atoms with Crippen LogP contribution in [0.1, 0.15) is 32.6 Å². The van der Waals surface area contributed by atoms with Crippen molar-refractivity contribution in [3.8, 4) is 0 Å². The number of carbonyl (C=O) groups is 2. The molecule has 1 saturated carbocycles. The minimum atomic E-state index is -0.819. The van der Waals surface area contributed by atoms with Gasteiger partial charge in [0.25, 0.3) is 0 Å². The molecule has 20 heavy (non-hydrogen) atoms. The zero-order chi connectivity index (χ0) is 14.7. The zero-order valence-electron chi connectivity index (χ0n) is 12.5. The van der Waals surface area contributed by atoms with Crippen LogP contribution in [0.25, 0.3) is 0 Å². The first kappa shape index (κ1) is 15.3. The number of hydrogen-bond acceptors (Lipinski definition) is 3. The van der Waals surface area contributed by atoms with Crippen LogP contribution in [-0.2, 0) is 9.59 Å². The lowest BCUT2D eigenvalue weighted by molar-refractivity contribution is -0.148. The molecule has 1 unspecified atom stereocenters. The fraction of sp³-hybridized carbons (Fsp3) is 0.867. The average molecular weight is 282 g/mol. The normalized spacial score (nSPS) is 30.6. The van der Waals surface area contributed by atoms with Gasteiger partial charge in [-0.05, 0) is 44.7 Å². The summed E-state index contributed by atoms with van der Waals surface area (Å²) in [6, 6.07) is 0. The Kier molecular flexibility index (Phi) is 5.02. The highest BCUT2D eigenvalue weighted by Crippen LogP contribution is 2.37. The minimum absolute atomic E-state index is 0.0148. The van der Waals surface area contributed by atoms with Gasteiger partial charge in [0.2, 0.25) is 5.91 Å². The van der Waals surface area contributed by atoms with Gasteiger partial charge in [-0.15, -0.1) is 0 Å². The first-order chi connectivity index (χ1) is 9.49. The van der Waals surface area contributed by atoms with Crippen molar-refractivity contribution >= 4 is 11.9 Å². The molecule has 0 bridgehead atoms. The molecule has 3 atom stereocenters. The molecule has 5 nitrogen and oxygen atoms in total. The maximum absolute atomic E-state index is 12.5. The molecule has 0 radical (unpaired) electrons. The third-order valence-electron chi connectivity index (χ3n) is 4.76. The van der Waals surface area contributed by atoms with Crippen LogP contribution in [0.4, 0.5) is 0 Å². The lowest BCUT2D eigenvalue weighted by Gasteiger charge is -2.25. The van der Waals surface area contributed by atoms with Gasteiger partial charge < -0.3 is 14.9 Å². The van der Waals surface area contributed by atoms with Crippen LogP contribution in [-0.4, -0.2) is 60.0 Å². The standard InChI is InChI=1S/C15H26N2O3/c1-11-9-12(13(10-11)15(19)20)14(18)16(2)7-8-17-5-3-4-6-17/h11-13H,3-10H2,1-2H3,(H,19,20)/t11?,12-,13+/m0/s1. The SMILES string of the molecule is CC1C[C@H](C(=O)N(C)CCN2CCCC2)[C@H](C(=O)O)C1. The van der Waals surface area contributed by atoms with Gasteiger partial charge in [-0.3, -0.25) is 9.59 Å². The number of nitrogens with zero attached hydrogens (tertiary/aromatic N) is 2. The van der Waals surface area contributed by atoms with Crippen LogP contribution in [0.2, 0.25) is 0 Å². The number of aliphatic carboxylic acids is 1. The number of carboxylic acid groups (broad SMARTS) is 1. The molecule has 2 rings (SSSR count). The van der Waals surface area contributed by atoms with Crippen LogP contribution >= 0.6 is 0 Å². The van der Waals surface area contributed by atoms with E-state index in [-0.39, 0.29) is 11.8 Å². The zero-order valence-corrected chi connectivity index (χ0v) is 12.5. The van der Waals surface area contributed by atoms with Gasteiger partial charge in [-0.2, -0.15) is 0 Å². The van der Waals surface area contributed by atoms with E-state index >= 15 is 0 Å². The second-order valence-corrected chi connectivity index (χ2v) is 6.44. The predicted octanol–water partition coefficient (Wildman–Crippen LogP) is 1.29. The van der Waals surface area contributed by atoms with E-state index in [0.717, 1.165) is 19.6 Å². The third-order valence-corrected chi connectivity index (χ3v) is 4.76. The minimum Gasteiger partial charge on any atom is -0.481 e. The van der Waals surface area contributed by atoms with E-state index in [9.17, 15) is 14.7 Å². The van der Waals surface area contributed by atoms with E-state index in [0.29, 0.717) is 25.3 Å². The number of likely N-dealkylation sites (N-methyl/N-ethyl adjacent to an activating group) is 1. The van der Waals surface area contributed by atoms with E-state index in [1.165, 1.54) is 12.8 Å².